The van der Waals surface area contributed by atoms with Crippen molar-refractivity contribution in [2.24, 2.45) is 17.4 Å². The Morgan fingerprint density at radius 3 is 2.82 bits per heavy atom. The Morgan fingerprint density at radius 1 is 1.53 bits per heavy atom. The van der Waals surface area contributed by atoms with Crippen LogP contribution in [-0.2, 0) is 4.79 Å². The van der Waals surface area contributed by atoms with E-state index in [-0.39, 0.29) is 11.9 Å². The minimum atomic E-state index is -0.794. The minimum absolute atomic E-state index is 0.317. The van der Waals surface area contributed by atoms with Crippen LogP contribution >= 0.6 is 0 Å². The summed E-state index contributed by atoms with van der Waals surface area (Å²) in [5, 5.41) is 2.12. The second kappa shape index (κ2) is 6.56. The number of amides is 3. The molecule has 2 unspecified atom stereocenters. The van der Waals surface area contributed by atoms with Crippen LogP contribution in [-0.4, -0.2) is 42.5 Å². The Morgan fingerprint density at radius 2 is 2.24 bits per heavy atom. The summed E-state index contributed by atoms with van der Waals surface area (Å²) in [7, 11) is 0. The Bertz CT molecular complexity index is 281. The first-order chi connectivity index (χ1) is 8.04. The average molecular weight is 242 g/mol. The first-order valence-electron chi connectivity index (χ1n) is 6.09. The van der Waals surface area contributed by atoms with Crippen LogP contribution in [0.15, 0.2) is 0 Å². The van der Waals surface area contributed by atoms with Crippen LogP contribution in [0.25, 0.3) is 0 Å². The summed E-state index contributed by atoms with van der Waals surface area (Å²) in [5.74, 6) is 0.225. The van der Waals surface area contributed by atoms with E-state index in [1.165, 1.54) is 0 Å². The number of rotatable bonds is 4. The number of urea groups is 1. The van der Waals surface area contributed by atoms with Crippen molar-refractivity contribution in [3.05, 3.63) is 0 Å². The minimum Gasteiger partial charge on any atom is -0.351 e. The highest BCUT2D eigenvalue weighted by molar-refractivity contribution is 5.96. The van der Waals surface area contributed by atoms with Gasteiger partial charge < -0.3 is 11.5 Å². The molecule has 0 aromatic rings. The zero-order valence-electron chi connectivity index (χ0n) is 10.3. The second-order valence-electron chi connectivity index (χ2n) is 4.61. The highest BCUT2D eigenvalue weighted by Crippen LogP contribution is 2.20. The monoisotopic (exact) mass is 242 g/mol. The maximum Gasteiger partial charge on any atom is 0.318 e. The number of imide groups is 1. The number of piperidine rings is 1. The number of likely N-dealkylation sites (tertiary alicyclic amines) is 1. The lowest BCUT2D eigenvalue weighted by Gasteiger charge is -2.35. The quantitative estimate of drug-likeness (QED) is 0.626. The van der Waals surface area contributed by atoms with E-state index in [0.29, 0.717) is 12.5 Å². The molecule has 6 nitrogen and oxygen atoms in total. The van der Waals surface area contributed by atoms with Gasteiger partial charge in [0.15, 0.2) is 0 Å². The fraction of sp³-hybridized carbons (Fsp3) is 0.818. The molecule has 0 bridgehead atoms. The summed E-state index contributed by atoms with van der Waals surface area (Å²) >= 11 is 0. The standard InChI is InChI=1S/C11H22N4O2/c1-8(10(16)14-11(13)17)15-6-2-3-9(7-15)4-5-12/h8-9H,2-7,12H2,1H3,(H3,13,14,16,17). The molecule has 1 aliphatic rings. The van der Waals surface area contributed by atoms with Gasteiger partial charge in [-0.15, -0.1) is 0 Å². The van der Waals surface area contributed by atoms with Crippen molar-refractivity contribution in [1.82, 2.24) is 10.2 Å². The maximum absolute atomic E-state index is 11.6. The molecule has 1 aliphatic heterocycles. The summed E-state index contributed by atoms with van der Waals surface area (Å²) in [4.78, 5) is 24.3. The fourth-order valence-electron chi connectivity index (χ4n) is 2.31. The fourth-order valence-corrected chi connectivity index (χ4v) is 2.31. The topological polar surface area (TPSA) is 101 Å². The summed E-state index contributed by atoms with van der Waals surface area (Å²) in [6.45, 7) is 4.22. The van der Waals surface area contributed by atoms with Gasteiger partial charge in [0.2, 0.25) is 5.91 Å². The Hall–Kier alpha value is -1.14. The number of carbonyl (C=O) groups is 2. The Kier molecular flexibility index (Phi) is 5.37. The molecule has 0 aliphatic carbocycles. The molecule has 1 fully saturated rings. The molecule has 3 amide bonds. The average Bonchev–Trinajstić information content (AvgIpc) is 2.28. The summed E-state index contributed by atoms with van der Waals surface area (Å²) < 4.78 is 0. The SMILES string of the molecule is CC(C(=O)NC(N)=O)N1CCCC(CCN)C1. The first kappa shape index (κ1) is 13.9. The van der Waals surface area contributed by atoms with Gasteiger partial charge in [0.1, 0.15) is 0 Å². The van der Waals surface area contributed by atoms with Crippen molar-refractivity contribution in [1.29, 1.82) is 0 Å². The van der Waals surface area contributed by atoms with Crippen molar-refractivity contribution in [3.8, 4) is 0 Å². The van der Waals surface area contributed by atoms with Crippen molar-refractivity contribution < 1.29 is 9.59 Å². The lowest BCUT2D eigenvalue weighted by atomic mass is 9.94. The third-order valence-electron chi connectivity index (χ3n) is 3.30. The van der Waals surface area contributed by atoms with Gasteiger partial charge in [0.25, 0.3) is 0 Å². The molecule has 1 saturated heterocycles. The number of hydrogen-bond donors (Lipinski definition) is 3. The highest BCUT2D eigenvalue weighted by atomic mass is 16.2. The van der Waals surface area contributed by atoms with Crippen LogP contribution in [0.2, 0.25) is 0 Å². The van der Waals surface area contributed by atoms with Gasteiger partial charge in [-0.3, -0.25) is 15.0 Å². The van der Waals surface area contributed by atoms with Gasteiger partial charge in [0.05, 0.1) is 6.04 Å². The molecule has 2 atom stereocenters. The van der Waals surface area contributed by atoms with Crippen molar-refractivity contribution in [2.45, 2.75) is 32.2 Å². The Labute approximate surface area is 102 Å². The summed E-state index contributed by atoms with van der Waals surface area (Å²) in [6, 6.07) is -1.11. The van der Waals surface area contributed by atoms with Gasteiger partial charge in [-0.05, 0) is 45.2 Å². The zero-order chi connectivity index (χ0) is 12.8. The van der Waals surface area contributed by atoms with Gasteiger partial charge >= 0.3 is 6.03 Å². The number of primary amides is 1. The van der Waals surface area contributed by atoms with Crippen LogP contribution in [0.3, 0.4) is 0 Å². The van der Waals surface area contributed by atoms with Crippen LogP contribution in [0.1, 0.15) is 26.2 Å². The Balaban J connectivity index is 2.47. The molecule has 1 rings (SSSR count). The number of nitrogens with one attached hydrogen (secondary N) is 1. The van der Waals surface area contributed by atoms with Gasteiger partial charge in [-0.2, -0.15) is 0 Å². The largest absolute Gasteiger partial charge is 0.351 e. The third kappa shape index (κ3) is 4.32. The molecule has 0 aromatic carbocycles. The number of nitrogens with zero attached hydrogens (tertiary/aromatic N) is 1. The van der Waals surface area contributed by atoms with Crippen molar-refractivity contribution in [3.63, 3.8) is 0 Å². The molecule has 0 radical (unpaired) electrons. The van der Waals surface area contributed by atoms with Crippen LogP contribution in [0, 0.1) is 5.92 Å². The summed E-state index contributed by atoms with van der Waals surface area (Å²) in [5.41, 5.74) is 10.5. The van der Waals surface area contributed by atoms with E-state index in [1.807, 2.05) is 0 Å². The highest BCUT2D eigenvalue weighted by Gasteiger charge is 2.27. The normalized spacial score (nSPS) is 23.1. The van der Waals surface area contributed by atoms with E-state index in [1.54, 1.807) is 6.92 Å². The molecular formula is C11H22N4O2. The molecule has 5 N–H and O–H groups in total. The van der Waals surface area contributed by atoms with Gasteiger partial charge in [0, 0.05) is 6.54 Å². The molecule has 17 heavy (non-hydrogen) atoms. The van der Waals surface area contributed by atoms with E-state index in [2.05, 4.69) is 10.2 Å². The number of hydrogen-bond acceptors (Lipinski definition) is 4. The molecule has 0 spiro atoms. The molecule has 0 saturated carbocycles. The van der Waals surface area contributed by atoms with Crippen molar-refractivity contribution in [2.75, 3.05) is 19.6 Å². The first-order valence-corrected chi connectivity index (χ1v) is 6.09. The van der Waals surface area contributed by atoms with E-state index >= 15 is 0 Å². The number of carbonyl (C=O) groups excluding carboxylic acids is 2. The lowest BCUT2D eigenvalue weighted by Crippen LogP contribution is -2.51. The van der Waals surface area contributed by atoms with E-state index < -0.39 is 6.03 Å². The van der Waals surface area contributed by atoms with Crippen LogP contribution < -0.4 is 16.8 Å². The third-order valence-corrected chi connectivity index (χ3v) is 3.30. The predicted molar refractivity (Wildman–Crippen MR) is 65.2 cm³/mol. The lowest BCUT2D eigenvalue weighted by molar-refractivity contribution is -0.125. The zero-order valence-corrected chi connectivity index (χ0v) is 10.3. The molecule has 1 heterocycles. The second-order valence-corrected chi connectivity index (χ2v) is 4.61. The van der Waals surface area contributed by atoms with E-state index in [9.17, 15) is 9.59 Å². The molecule has 6 heteroatoms. The predicted octanol–water partition coefficient (Wildman–Crippen LogP) is -0.369. The molecule has 0 aromatic heterocycles. The molecular weight excluding hydrogens is 220 g/mol. The van der Waals surface area contributed by atoms with Gasteiger partial charge in [-0.1, -0.05) is 0 Å². The van der Waals surface area contributed by atoms with Crippen LogP contribution in [0.4, 0.5) is 4.79 Å². The van der Waals surface area contributed by atoms with E-state index in [0.717, 1.165) is 32.4 Å². The smallest absolute Gasteiger partial charge is 0.318 e. The molecule has 98 valence electrons. The van der Waals surface area contributed by atoms with Crippen LogP contribution in [0.5, 0.6) is 0 Å². The number of nitrogens with two attached hydrogens (primary N) is 2. The van der Waals surface area contributed by atoms with Gasteiger partial charge in [-0.25, -0.2) is 4.79 Å². The maximum atomic E-state index is 11.6. The van der Waals surface area contributed by atoms with Crippen molar-refractivity contribution >= 4 is 11.9 Å². The van der Waals surface area contributed by atoms with E-state index in [4.69, 9.17) is 11.5 Å². The summed E-state index contributed by atoms with van der Waals surface area (Å²) in [6.07, 6.45) is 3.22.